The Bertz CT molecular complexity index is 337. The van der Waals surface area contributed by atoms with E-state index in [0.717, 1.165) is 31.6 Å². The second-order valence-electron chi connectivity index (χ2n) is 4.25. The van der Waals surface area contributed by atoms with E-state index < -0.39 is 5.97 Å². The summed E-state index contributed by atoms with van der Waals surface area (Å²) >= 11 is 0. The largest absolute Gasteiger partial charge is 0.481 e. The van der Waals surface area contributed by atoms with Crippen LogP contribution in [0, 0.1) is 11.8 Å². The molecule has 16 heavy (non-hydrogen) atoms. The molecule has 0 aromatic carbocycles. The van der Waals surface area contributed by atoms with Gasteiger partial charge < -0.3 is 14.9 Å². The van der Waals surface area contributed by atoms with Gasteiger partial charge in [0.25, 0.3) is 0 Å². The summed E-state index contributed by atoms with van der Waals surface area (Å²) in [6.07, 6.45) is 4.43. The van der Waals surface area contributed by atoms with Gasteiger partial charge in [-0.2, -0.15) is 0 Å². The van der Waals surface area contributed by atoms with Gasteiger partial charge in [-0.3, -0.25) is 4.79 Å². The fraction of sp³-hybridized carbons (Fsp3) is 0.636. The molecule has 1 aliphatic carbocycles. The zero-order valence-electron chi connectivity index (χ0n) is 9.06. The lowest BCUT2D eigenvalue weighted by Crippen LogP contribution is -2.28. The average molecular weight is 224 g/mol. The second kappa shape index (κ2) is 5.12. The Balaban J connectivity index is 1.75. The van der Waals surface area contributed by atoms with E-state index in [0.29, 0.717) is 6.54 Å². The number of aliphatic carboxylic acids is 1. The molecule has 2 unspecified atom stereocenters. The molecular weight excluding hydrogens is 208 g/mol. The summed E-state index contributed by atoms with van der Waals surface area (Å²) in [6.45, 7) is 1.35. The summed E-state index contributed by atoms with van der Waals surface area (Å²) in [4.78, 5) is 10.9. The van der Waals surface area contributed by atoms with Crippen LogP contribution in [-0.2, 0) is 11.3 Å². The van der Waals surface area contributed by atoms with E-state index in [1.165, 1.54) is 0 Å². The van der Waals surface area contributed by atoms with E-state index >= 15 is 0 Å². The lowest BCUT2D eigenvalue weighted by atomic mass is 9.96. The summed E-state index contributed by atoms with van der Waals surface area (Å²) < 4.78 is 4.94. The lowest BCUT2D eigenvalue weighted by Gasteiger charge is -2.15. The monoisotopic (exact) mass is 224 g/mol. The highest BCUT2D eigenvalue weighted by atomic mass is 16.5. The number of hydrogen-bond acceptors (Lipinski definition) is 4. The van der Waals surface area contributed by atoms with Gasteiger partial charge in [-0.15, -0.1) is 0 Å². The zero-order valence-corrected chi connectivity index (χ0v) is 9.06. The third-order valence-electron chi connectivity index (χ3n) is 3.17. The number of aromatic nitrogens is 1. The minimum absolute atomic E-state index is 0.178. The predicted molar refractivity (Wildman–Crippen MR) is 56.7 cm³/mol. The maximum Gasteiger partial charge on any atom is 0.306 e. The van der Waals surface area contributed by atoms with Crippen LogP contribution >= 0.6 is 0 Å². The molecule has 5 nitrogen and oxygen atoms in total. The molecule has 1 heterocycles. The van der Waals surface area contributed by atoms with Crippen LogP contribution in [0.25, 0.3) is 0 Å². The van der Waals surface area contributed by atoms with Gasteiger partial charge in [-0.05, 0) is 25.3 Å². The first-order valence-electron chi connectivity index (χ1n) is 5.60. The van der Waals surface area contributed by atoms with Gasteiger partial charge in [0.1, 0.15) is 5.76 Å². The summed E-state index contributed by atoms with van der Waals surface area (Å²) in [7, 11) is 0. The van der Waals surface area contributed by atoms with Crippen LogP contribution in [0.2, 0.25) is 0 Å². The third kappa shape index (κ3) is 2.61. The van der Waals surface area contributed by atoms with E-state index in [-0.39, 0.29) is 11.8 Å². The number of carboxylic acid groups (broad SMARTS) is 1. The molecular formula is C11H16N2O3. The summed E-state index contributed by atoms with van der Waals surface area (Å²) in [5.74, 6) is 0.191. The first-order chi connectivity index (χ1) is 7.77. The Morgan fingerprint density at radius 1 is 1.62 bits per heavy atom. The molecule has 5 heteroatoms. The van der Waals surface area contributed by atoms with Crippen molar-refractivity contribution in [2.45, 2.75) is 25.8 Å². The average Bonchev–Trinajstić information content (AvgIpc) is 2.87. The van der Waals surface area contributed by atoms with Gasteiger partial charge >= 0.3 is 5.97 Å². The first kappa shape index (κ1) is 11.1. The highest BCUT2D eigenvalue weighted by Gasteiger charge is 2.32. The Hall–Kier alpha value is -1.36. The van der Waals surface area contributed by atoms with Crippen molar-refractivity contribution in [1.82, 2.24) is 10.5 Å². The summed E-state index contributed by atoms with van der Waals surface area (Å²) in [5, 5.41) is 15.8. The Morgan fingerprint density at radius 3 is 3.19 bits per heavy atom. The van der Waals surface area contributed by atoms with Gasteiger partial charge in [0.05, 0.1) is 18.7 Å². The SMILES string of the molecule is O=C(O)C1CCCC1CNCc1ccno1. The standard InChI is InChI=1S/C11H16N2O3/c14-11(15)10-3-1-2-8(10)6-12-7-9-4-5-13-16-9/h4-5,8,10,12H,1-3,6-7H2,(H,14,15). The normalized spacial score (nSPS) is 24.8. The topological polar surface area (TPSA) is 75.4 Å². The van der Waals surface area contributed by atoms with E-state index in [1.54, 1.807) is 12.3 Å². The fourth-order valence-electron chi connectivity index (χ4n) is 2.32. The minimum Gasteiger partial charge on any atom is -0.481 e. The van der Waals surface area contributed by atoms with E-state index in [1.807, 2.05) is 0 Å². The van der Waals surface area contributed by atoms with Crippen LogP contribution in [0.3, 0.4) is 0 Å². The maximum atomic E-state index is 10.9. The molecule has 88 valence electrons. The summed E-state index contributed by atoms with van der Waals surface area (Å²) in [5.41, 5.74) is 0. The van der Waals surface area contributed by atoms with Crippen LogP contribution in [0.4, 0.5) is 0 Å². The third-order valence-corrected chi connectivity index (χ3v) is 3.17. The van der Waals surface area contributed by atoms with Gasteiger partial charge in [-0.1, -0.05) is 11.6 Å². The van der Waals surface area contributed by atoms with Crippen molar-refractivity contribution in [3.05, 3.63) is 18.0 Å². The molecule has 1 saturated carbocycles. The molecule has 2 N–H and O–H groups in total. The number of carbonyl (C=O) groups is 1. The molecule has 2 rings (SSSR count). The van der Waals surface area contributed by atoms with Crippen molar-refractivity contribution < 1.29 is 14.4 Å². The van der Waals surface area contributed by atoms with Crippen LogP contribution in [0.15, 0.2) is 16.8 Å². The van der Waals surface area contributed by atoms with Crippen LogP contribution < -0.4 is 5.32 Å². The zero-order chi connectivity index (χ0) is 11.4. The highest BCUT2D eigenvalue weighted by molar-refractivity contribution is 5.70. The van der Waals surface area contributed by atoms with Crippen molar-refractivity contribution in [2.75, 3.05) is 6.54 Å². The number of carboxylic acids is 1. The second-order valence-corrected chi connectivity index (χ2v) is 4.25. The summed E-state index contributed by atoms with van der Waals surface area (Å²) in [6, 6.07) is 1.80. The molecule has 0 aliphatic heterocycles. The van der Waals surface area contributed by atoms with Crippen LogP contribution in [-0.4, -0.2) is 22.8 Å². The quantitative estimate of drug-likeness (QED) is 0.787. The maximum absolute atomic E-state index is 10.9. The van der Waals surface area contributed by atoms with Crippen molar-refractivity contribution in [1.29, 1.82) is 0 Å². The molecule has 2 atom stereocenters. The van der Waals surface area contributed by atoms with Gasteiger partial charge in [0.15, 0.2) is 0 Å². The van der Waals surface area contributed by atoms with Crippen molar-refractivity contribution in [3.8, 4) is 0 Å². The van der Waals surface area contributed by atoms with E-state index in [2.05, 4.69) is 10.5 Å². The Kier molecular flexibility index (Phi) is 3.56. The Morgan fingerprint density at radius 2 is 2.50 bits per heavy atom. The fourth-order valence-corrected chi connectivity index (χ4v) is 2.32. The highest BCUT2D eigenvalue weighted by Crippen LogP contribution is 2.31. The van der Waals surface area contributed by atoms with Crippen molar-refractivity contribution in [3.63, 3.8) is 0 Å². The predicted octanol–water partition coefficient (Wildman–Crippen LogP) is 1.27. The molecule has 0 saturated heterocycles. The minimum atomic E-state index is -0.663. The molecule has 1 aromatic rings. The number of nitrogens with one attached hydrogen (secondary N) is 1. The van der Waals surface area contributed by atoms with Gasteiger partial charge in [-0.25, -0.2) is 0 Å². The molecule has 0 radical (unpaired) electrons. The molecule has 0 bridgehead atoms. The van der Waals surface area contributed by atoms with Gasteiger partial charge in [0.2, 0.25) is 0 Å². The van der Waals surface area contributed by atoms with Gasteiger partial charge in [0, 0.05) is 6.07 Å². The van der Waals surface area contributed by atoms with E-state index in [9.17, 15) is 4.79 Å². The molecule has 1 fully saturated rings. The van der Waals surface area contributed by atoms with Crippen molar-refractivity contribution in [2.24, 2.45) is 11.8 Å². The number of nitrogens with zero attached hydrogens (tertiary/aromatic N) is 1. The smallest absolute Gasteiger partial charge is 0.306 e. The molecule has 0 spiro atoms. The molecule has 1 aromatic heterocycles. The Labute approximate surface area is 93.8 Å². The number of rotatable bonds is 5. The number of hydrogen-bond donors (Lipinski definition) is 2. The molecule has 0 amide bonds. The molecule has 1 aliphatic rings. The van der Waals surface area contributed by atoms with Crippen LogP contribution in [0.1, 0.15) is 25.0 Å². The van der Waals surface area contributed by atoms with E-state index in [4.69, 9.17) is 9.63 Å². The first-order valence-corrected chi connectivity index (χ1v) is 5.60. The van der Waals surface area contributed by atoms with Crippen LogP contribution in [0.5, 0.6) is 0 Å². The van der Waals surface area contributed by atoms with Crippen molar-refractivity contribution >= 4 is 5.97 Å². The lowest BCUT2D eigenvalue weighted by molar-refractivity contribution is -0.142.